The van der Waals surface area contributed by atoms with E-state index in [0.29, 0.717) is 5.69 Å². The molecule has 2 aliphatic heterocycles. The fourth-order valence-electron chi connectivity index (χ4n) is 4.18. The third-order valence-corrected chi connectivity index (χ3v) is 5.52. The Morgan fingerprint density at radius 2 is 1.90 bits per heavy atom. The summed E-state index contributed by atoms with van der Waals surface area (Å²) in [5.74, 6) is -0.380. The van der Waals surface area contributed by atoms with Crippen LogP contribution in [0.3, 0.4) is 0 Å². The van der Waals surface area contributed by atoms with Gasteiger partial charge in [0.25, 0.3) is 11.6 Å². The van der Waals surface area contributed by atoms with Crippen LogP contribution >= 0.6 is 0 Å². The SMILES string of the molecule is CCCCN1c2ccccc2C2C1C=C(C#N)C(=O)N2c1ccc([N+](=O)[O-])cc1. The number of non-ortho nitro benzene ring substituents is 1. The highest BCUT2D eigenvalue weighted by Gasteiger charge is 2.46. The van der Waals surface area contributed by atoms with Crippen LogP contribution in [-0.4, -0.2) is 23.4 Å². The van der Waals surface area contributed by atoms with Gasteiger partial charge in [0.15, 0.2) is 0 Å². The second-order valence-electron chi connectivity index (χ2n) is 7.18. The van der Waals surface area contributed by atoms with Gasteiger partial charge in [0.05, 0.1) is 17.0 Å². The molecule has 0 radical (unpaired) electrons. The first-order chi connectivity index (χ1) is 14.1. The van der Waals surface area contributed by atoms with Crippen LogP contribution in [0.25, 0.3) is 0 Å². The quantitative estimate of drug-likeness (QED) is 0.568. The summed E-state index contributed by atoms with van der Waals surface area (Å²) in [7, 11) is 0. The van der Waals surface area contributed by atoms with E-state index in [-0.39, 0.29) is 29.3 Å². The Morgan fingerprint density at radius 1 is 1.17 bits per heavy atom. The van der Waals surface area contributed by atoms with Gasteiger partial charge in [0.1, 0.15) is 11.6 Å². The minimum atomic E-state index is -0.470. The number of hydrogen-bond acceptors (Lipinski definition) is 5. The van der Waals surface area contributed by atoms with Crippen molar-refractivity contribution in [2.75, 3.05) is 16.3 Å². The van der Waals surface area contributed by atoms with Crippen molar-refractivity contribution in [1.29, 1.82) is 5.26 Å². The van der Waals surface area contributed by atoms with Crippen molar-refractivity contribution in [2.24, 2.45) is 0 Å². The first kappa shape index (κ1) is 18.7. The van der Waals surface area contributed by atoms with Crippen LogP contribution in [-0.2, 0) is 4.79 Å². The maximum atomic E-state index is 13.1. The number of nitrogens with zero attached hydrogens (tertiary/aromatic N) is 4. The summed E-state index contributed by atoms with van der Waals surface area (Å²) in [6.45, 7) is 2.95. The maximum Gasteiger partial charge on any atom is 0.269 e. The number of anilines is 2. The number of amides is 1. The molecule has 0 N–H and O–H groups in total. The molecule has 0 bridgehead atoms. The number of nitro groups is 1. The molecule has 146 valence electrons. The molecule has 2 atom stereocenters. The highest BCUT2D eigenvalue weighted by molar-refractivity contribution is 6.10. The monoisotopic (exact) mass is 388 g/mol. The van der Waals surface area contributed by atoms with E-state index >= 15 is 0 Å². The van der Waals surface area contributed by atoms with E-state index in [4.69, 9.17) is 0 Å². The van der Waals surface area contributed by atoms with Gasteiger partial charge in [-0.3, -0.25) is 19.8 Å². The van der Waals surface area contributed by atoms with Crippen LogP contribution in [0.15, 0.2) is 60.2 Å². The molecule has 0 spiro atoms. The molecule has 29 heavy (non-hydrogen) atoms. The van der Waals surface area contributed by atoms with E-state index in [1.54, 1.807) is 23.1 Å². The van der Waals surface area contributed by atoms with Gasteiger partial charge in [-0.15, -0.1) is 0 Å². The lowest BCUT2D eigenvalue weighted by atomic mass is 9.93. The fraction of sp³-hybridized carbons (Fsp3) is 0.273. The largest absolute Gasteiger partial charge is 0.362 e. The van der Waals surface area contributed by atoms with Crippen molar-refractivity contribution in [3.63, 3.8) is 0 Å². The number of carbonyl (C=O) groups excluding carboxylic acids is 1. The standard InChI is InChI=1S/C22H20N4O3/c1-2-3-12-24-19-7-5-4-6-18(19)21-20(24)13-15(14-23)22(27)25(21)16-8-10-17(11-9-16)26(28)29/h4-11,13,20-21H,2-3,12H2,1H3. The molecule has 2 aromatic rings. The van der Waals surface area contributed by atoms with Crippen molar-refractivity contribution in [1.82, 2.24) is 0 Å². The smallest absolute Gasteiger partial charge is 0.269 e. The third-order valence-electron chi connectivity index (χ3n) is 5.52. The van der Waals surface area contributed by atoms with E-state index in [0.717, 1.165) is 30.6 Å². The average Bonchev–Trinajstić information content (AvgIpc) is 3.05. The van der Waals surface area contributed by atoms with E-state index in [1.807, 2.05) is 30.3 Å². The third kappa shape index (κ3) is 3.03. The predicted octanol–water partition coefficient (Wildman–Crippen LogP) is 4.12. The van der Waals surface area contributed by atoms with Crippen molar-refractivity contribution >= 4 is 23.0 Å². The molecule has 2 aromatic carbocycles. The van der Waals surface area contributed by atoms with E-state index in [2.05, 4.69) is 11.8 Å². The Bertz CT molecular complexity index is 1040. The van der Waals surface area contributed by atoms with Gasteiger partial charge in [0.2, 0.25) is 0 Å². The van der Waals surface area contributed by atoms with Crippen LogP contribution < -0.4 is 9.80 Å². The molecule has 4 rings (SSSR count). The van der Waals surface area contributed by atoms with Gasteiger partial charge >= 0.3 is 0 Å². The maximum absolute atomic E-state index is 13.1. The van der Waals surface area contributed by atoms with Gasteiger partial charge in [-0.2, -0.15) is 5.26 Å². The Labute approximate surface area is 168 Å². The summed E-state index contributed by atoms with van der Waals surface area (Å²) in [6, 6.07) is 15.5. The van der Waals surface area contributed by atoms with Crippen molar-refractivity contribution in [3.05, 3.63) is 75.9 Å². The number of rotatable bonds is 5. The molecule has 2 heterocycles. The van der Waals surface area contributed by atoms with Gasteiger partial charge < -0.3 is 4.90 Å². The molecule has 7 heteroatoms. The Hall–Kier alpha value is -3.66. The van der Waals surface area contributed by atoms with Crippen molar-refractivity contribution in [3.8, 4) is 6.07 Å². The molecule has 2 aliphatic rings. The summed E-state index contributed by atoms with van der Waals surface area (Å²) in [4.78, 5) is 27.5. The number of nitro benzene ring substituents is 1. The Morgan fingerprint density at radius 3 is 2.55 bits per heavy atom. The zero-order valence-electron chi connectivity index (χ0n) is 16.0. The molecule has 0 aromatic heterocycles. The lowest BCUT2D eigenvalue weighted by molar-refractivity contribution is -0.384. The van der Waals surface area contributed by atoms with Crippen LogP contribution in [0, 0.1) is 21.4 Å². The lowest BCUT2D eigenvalue weighted by Gasteiger charge is -2.38. The normalized spacial score (nSPS) is 20.0. The number of unbranched alkanes of at least 4 members (excludes halogenated alkanes) is 1. The molecule has 2 unspecified atom stereocenters. The van der Waals surface area contributed by atoms with E-state index < -0.39 is 4.92 Å². The topological polar surface area (TPSA) is 90.5 Å². The molecular weight excluding hydrogens is 368 g/mol. The first-order valence-electron chi connectivity index (χ1n) is 9.62. The molecule has 0 saturated carbocycles. The van der Waals surface area contributed by atoms with Gasteiger partial charge in [0, 0.05) is 35.6 Å². The second-order valence-corrected chi connectivity index (χ2v) is 7.18. The molecule has 7 nitrogen and oxygen atoms in total. The van der Waals surface area contributed by atoms with Crippen LogP contribution in [0.4, 0.5) is 17.1 Å². The average molecular weight is 388 g/mol. The summed E-state index contributed by atoms with van der Waals surface area (Å²) in [5, 5.41) is 20.6. The molecule has 0 fully saturated rings. The number of hydrogen-bond donors (Lipinski definition) is 0. The van der Waals surface area contributed by atoms with Crippen molar-refractivity contribution < 1.29 is 9.72 Å². The highest BCUT2D eigenvalue weighted by atomic mass is 16.6. The molecule has 0 aliphatic carbocycles. The summed E-state index contributed by atoms with van der Waals surface area (Å²) in [5.41, 5.74) is 2.68. The number of benzene rings is 2. The van der Waals surface area contributed by atoms with E-state index in [1.165, 1.54) is 12.1 Å². The Kier molecular flexibility index (Phi) is 4.77. The van der Waals surface area contributed by atoms with Gasteiger partial charge in [-0.05, 0) is 30.7 Å². The number of nitriles is 1. The minimum absolute atomic E-state index is 0.0396. The number of fused-ring (bicyclic) bond motifs is 3. The molecule has 1 amide bonds. The predicted molar refractivity (Wildman–Crippen MR) is 110 cm³/mol. The summed E-state index contributed by atoms with van der Waals surface area (Å²) >= 11 is 0. The summed E-state index contributed by atoms with van der Waals surface area (Å²) in [6.07, 6.45) is 3.80. The summed E-state index contributed by atoms with van der Waals surface area (Å²) < 4.78 is 0. The molecule has 0 saturated heterocycles. The fourth-order valence-corrected chi connectivity index (χ4v) is 4.18. The van der Waals surface area contributed by atoms with Gasteiger partial charge in [-0.1, -0.05) is 31.5 Å². The molecular formula is C22H20N4O3. The number of carbonyl (C=O) groups is 1. The second kappa shape index (κ2) is 7.40. The van der Waals surface area contributed by atoms with Crippen LogP contribution in [0.1, 0.15) is 31.4 Å². The van der Waals surface area contributed by atoms with Crippen LogP contribution in [0.2, 0.25) is 0 Å². The Balaban J connectivity index is 1.84. The zero-order valence-corrected chi connectivity index (χ0v) is 16.0. The van der Waals surface area contributed by atoms with Gasteiger partial charge in [-0.25, -0.2) is 0 Å². The highest BCUT2D eigenvalue weighted by Crippen LogP contribution is 2.47. The minimum Gasteiger partial charge on any atom is -0.362 e. The van der Waals surface area contributed by atoms with Crippen LogP contribution in [0.5, 0.6) is 0 Å². The zero-order chi connectivity index (χ0) is 20.5. The number of para-hydroxylation sites is 1. The lowest BCUT2D eigenvalue weighted by Crippen LogP contribution is -2.48. The van der Waals surface area contributed by atoms with Crippen molar-refractivity contribution in [2.45, 2.75) is 31.8 Å². The first-order valence-corrected chi connectivity index (χ1v) is 9.62. The van der Waals surface area contributed by atoms with E-state index in [9.17, 15) is 20.2 Å².